The molecule has 47 heavy (non-hydrogen) atoms. The highest BCUT2D eigenvalue weighted by Crippen LogP contribution is 2.24. The SMILES string of the molecule is NC(=O)[C@@H]1CSSC[C@@H](NC(=O)CCN=C(N)N)C(=O)N[C@@H](CCCN=C(N)N)C(=O)N[C@@H](Cc2ccc3ccccc3c2)C(=O)N1. The van der Waals surface area contributed by atoms with Gasteiger partial charge in [0, 0.05) is 30.9 Å². The van der Waals surface area contributed by atoms with Crippen molar-refractivity contribution in [2.24, 2.45) is 38.7 Å². The average Bonchev–Trinajstić information content (AvgIpc) is 3.01. The molecular weight excluding hydrogens is 647 g/mol. The van der Waals surface area contributed by atoms with Gasteiger partial charge >= 0.3 is 0 Å². The quantitative estimate of drug-likeness (QED) is 0.0535. The Balaban J connectivity index is 1.90. The topological polar surface area (TPSA) is 288 Å². The number of rotatable bonds is 11. The number of hydrogen-bond donors (Lipinski definition) is 9. The van der Waals surface area contributed by atoms with Crippen molar-refractivity contribution in [3.8, 4) is 0 Å². The normalized spacial score (nSPS) is 20.9. The summed E-state index contributed by atoms with van der Waals surface area (Å²) in [4.78, 5) is 73.5. The minimum Gasteiger partial charge on any atom is -0.370 e. The van der Waals surface area contributed by atoms with Crippen LogP contribution in [0.5, 0.6) is 0 Å². The molecule has 1 aliphatic rings. The fourth-order valence-corrected chi connectivity index (χ4v) is 6.90. The molecule has 1 heterocycles. The lowest BCUT2D eigenvalue weighted by atomic mass is 10.00. The smallest absolute Gasteiger partial charge is 0.244 e. The van der Waals surface area contributed by atoms with Crippen molar-refractivity contribution >= 4 is 73.8 Å². The van der Waals surface area contributed by atoms with Gasteiger partial charge in [0.05, 0.1) is 6.54 Å². The van der Waals surface area contributed by atoms with Gasteiger partial charge in [0.25, 0.3) is 0 Å². The first-order valence-electron chi connectivity index (χ1n) is 14.8. The van der Waals surface area contributed by atoms with Gasteiger partial charge < -0.3 is 49.9 Å². The number of fused-ring (bicyclic) bond motifs is 1. The molecule has 1 fully saturated rings. The Labute approximate surface area is 279 Å². The fraction of sp³-hybridized carbons (Fsp3) is 0.414. The zero-order valence-electron chi connectivity index (χ0n) is 25.6. The lowest BCUT2D eigenvalue weighted by molar-refractivity contribution is -0.134. The highest BCUT2D eigenvalue weighted by Gasteiger charge is 2.32. The molecule has 0 saturated carbocycles. The third kappa shape index (κ3) is 12.5. The molecule has 16 nitrogen and oxygen atoms in total. The van der Waals surface area contributed by atoms with Crippen molar-refractivity contribution in [2.75, 3.05) is 24.6 Å². The second-order valence-corrected chi connectivity index (χ2v) is 13.2. The van der Waals surface area contributed by atoms with Crippen molar-refractivity contribution in [1.82, 2.24) is 21.3 Å². The summed E-state index contributed by atoms with van der Waals surface area (Å²) < 4.78 is 0. The number of guanidine groups is 2. The maximum absolute atomic E-state index is 13.7. The van der Waals surface area contributed by atoms with Gasteiger partial charge in [0.2, 0.25) is 29.5 Å². The summed E-state index contributed by atoms with van der Waals surface area (Å²) in [5, 5.41) is 12.7. The predicted octanol–water partition coefficient (Wildman–Crippen LogP) is -2.08. The molecule has 14 N–H and O–H groups in total. The maximum atomic E-state index is 13.7. The summed E-state index contributed by atoms with van der Waals surface area (Å²) in [6.45, 7) is 0.194. The van der Waals surface area contributed by atoms with Crippen molar-refractivity contribution in [3.63, 3.8) is 0 Å². The van der Waals surface area contributed by atoms with Crippen molar-refractivity contribution < 1.29 is 24.0 Å². The second-order valence-electron chi connectivity index (χ2n) is 10.7. The van der Waals surface area contributed by atoms with Gasteiger partial charge in [-0.25, -0.2) is 0 Å². The van der Waals surface area contributed by atoms with Crippen LogP contribution in [0, 0.1) is 0 Å². The van der Waals surface area contributed by atoms with Crippen LogP contribution in [-0.4, -0.2) is 90.2 Å². The predicted molar refractivity (Wildman–Crippen MR) is 185 cm³/mol. The number of nitrogens with one attached hydrogen (secondary N) is 4. The summed E-state index contributed by atoms with van der Waals surface area (Å²) in [6.07, 6.45) is 0.407. The van der Waals surface area contributed by atoms with Crippen LogP contribution in [0.15, 0.2) is 52.4 Å². The number of nitrogens with two attached hydrogens (primary N) is 5. The minimum atomic E-state index is -1.13. The largest absolute Gasteiger partial charge is 0.370 e. The number of carbonyl (C=O) groups excluding carboxylic acids is 5. The Bertz CT molecular complexity index is 1500. The molecule has 0 aromatic heterocycles. The van der Waals surface area contributed by atoms with E-state index in [0.717, 1.165) is 16.3 Å². The molecule has 254 valence electrons. The fourth-order valence-electron chi connectivity index (χ4n) is 4.56. The van der Waals surface area contributed by atoms with E-state index in [2.05, 4.69) is 31.3 Å². The van der Waals surface area contributed by atoms with Crippen LogP contribution in [0.4, 0.5) is 0 Å². The molecule has 4 atom stereocenters. The molecule has 0 bridgehead atoms. The third-order valence-corrected chi connectivity index (χ3v) is 9.38. The lowest BCUT2D eigenvalue weighted by Gasteiger charge is -2.27. The zero-order chi connectivity index (χ0) is 34.3. The van der Waals surface area contributed by atoms with Crippen LogP contribution >= 0.6 is 21.6 Å². The molecule has 1 aliphatic heterocycles. The van der Waals surface area contributed by atoms with Crippen LogP contribution in [0.3, 0.4) is 0 Å². The molecule has 0 spiro atoms. The number of carbonyl (C=O) groups is 5. The average molecular weight is 688 g/mol. The molecule has 5 amide bonds. The number of aliphatic imine (C=N–C) groups is 2. The van der Waals surface area contributed by atoms with Crippen LogP contribution in [-0.2, 0) is 30.4 Å². The molecule has 2 aromatic carbocycles. The highest BCUT2D eigenvalue weighted by molar-refractivity contribution is 8.76. The second kappa shape index (κ2) is 18.4. The Morgan fingerprint density at radius 1 is 0.787 bits per heavy atom. The van der Waals surface area contributed by atoms with Crippen molar-refractivity contribution in [1.29, 1.82) is 0 Å². The summed E-state index contributed by atoms with van der Waals surface area (Å²) in [5.74, 6) is -3.33. The number of benzene rings is 2. The van der Waals surface area contributed by atoms with Crippen LogP contribution < -0.4 is 49.9 Å². The summed E-state index contributed by atoms with van der Waals surface area (Å²) >= 11 is 0. The van der Waals surface area contributed by atoms with E-state index >= 15 is 0 Å². The van der Waals surface area contributed by atoms with Crippen molar-refractivity contribution in [3.05, 3.63) is 48.0 Å². The van der Waals surface area contributed by atoms with E-state index in [1.165, 1.54) is 21.6 Å². The van der Waals surface area contributed by atoms with Crippen LogP contribution in [0.25, 0.3) is 10.8 Å². The van der Waals surface area contributed by atoms with Gasteiger partial charge in [0.1, 0.15) is 24.2 Å². The monoisotopic (exact) mass is 687 g/mol. The molecule has 18 heteroatoms. The molecule has 0 unspecified atom stereocenters. The molecule has 1 saturated heterocycles. The number of primary amides is 1. The van der Waals surface area contributed by atoms with E-state index in [4.69, 9.17) is 28.7 Å². The first-order valence-corrected chi connectivity index (χ1v) is 17.2. The number of nitrogens with zero attached hydrogens (tertiary/aromatic N) is 2. The summed E-state index contributed by atoms with van der Waals surface area (Å²) in [6, 6.07) is 8.97. The minimum absolute atomic E-state index is 0.0127. The van der Waals surface area contributed by atoms with E-state index in [-0.39, 0.29) is 55.8 Å². The lowest BCUT2D eigenvalue weighted by Crippen LogP contribution is -2.59. The molecule has 0 radical (unpaired) electrons. The molecule has 3 rings (SSSR count). The van der Waals surface area contributed by atoms with E-state index in [1.54, 1.807) is 0 Å². The Morgan fingerprint density at radius 3 is 2.13 bits per heavy atom. The third-order valence-electron chi connectivity index (χ3n) is 6.96. The van der Waals surface area contributed by atoms with Gasteiger partial charge in [-0.3, -0.25) is 34.0 Å². The maximum Gasteiger partial charge on any atom is 0.244 e. The zero-order valence-corrected chi connectivity index (χ0v) is 27.3. The van der Waals surface area contributed by atoms with Gasteiger partial charge in [-0.1, -0.05) is 64.1 Å². The Morgan fingerprint density at radius 2 is 1.43 bits per heavy atom. The van der Waals surface area contributed by atoms with Crippen LogP contribution in [0.2, 0.25) is 0 Å². The highest BCUT2D eigenvalue weighted by atomic mass is 33.1. The number of hydrogen-bond acceptors (Lipinski definition) is 9. The first kappa shape index (κ1) is 36.8. The first-order chi connectivity index (χ1) is 22.4. The van der Waals surface area contributed by atoms with E-state index in [9.17, 15) is 24.0 Å². The van der Waals surface area contributed by atoms with Gasteiger partial charge in [-0.15, -0.1) is 0 Å². The van der Waals surface area contributed by atoms with Gasteiger partial charge in [0.15, 0.2) is 11.9 Å². The van der Waals surface area contributed by atoms with E-state index in [1.807, 2.05) is 42.5 Å². The van der Waals surface area contributed by atoms with Gasteiger partial charge in [-0.2, -0.15) is 0 Å². The summed E-state index contributed by atoms with van der Waals surface area (Å²) in [7, 11) is 2.37. The standard InChI is InChI=1S/C29H41N11O5S2/c30-24(42)21-14-46-47-15-22(37-23(41)9-11-36-29(33)34)27(45)38-19(6-3-10-35-28(31)32)25(43)39-20(26(44)40-21)13-16-7-8-17-4-1-2-5-18(17)12-16/h1-2,4-5,7-8,12,19-22H,3,6,9-11,13-15H2,(H2,30,42)(H,37,41)(H,38,45)(H,39,43)(H,40,44)(H4,31,32,35)(H4,33,34,36)/t19-,20-,21-,22+/m0/s1. The molecule has 0 aliphatic carbocycles. The van der Waals surface area contributed by atoms with E-state index in [0.29, 0.717) is 6.42 Å². The van der Waals surface area contributed by atoms with E-state index < -0.39 is 53.7 Å². The molecule has 2 aromatic rings. The van der Waals surface area contributed by atoms with Crippen molar-refractivity contribution in [2.45, 2.75) is 49.9 Å². The Kier molecular flexibility index (Phi) is 14.4. The van der Waals surface area contributed by atoms with Gasteiger partial charge in [-0.05, 0) is 29.2 Å². The number of amides is 5. The molecular formula is C29H41N11O5S2. The van der Waals surface area contributed by atoms with Crippen LogP contribution in [0.1, 0.15) is 24.8 Å². The Hall–Kier alpha value is -4.71. The summed E-state index contributed by atoms with van der Waals surface area (Å²) in [5.41, 5.74) is 27.9.